The van der Waals surface area contributed by atoms with Crippen LogP contribution in [0.25, 0.3) is 11.3 Å². The van der Waals surface area contributed by atoms with E-state index in [0.717, 1.165) is 27.5 Å². The van der Waals surface area contributed by atoms with Gasteiger partial charge in [-0.05, 0) is 31.5 Å². The van der Waals surface area contributed by atoms with E-state index in [9.17, 15) is 4.79 Å². The molecule has 23 heavy (non-hydrogen) atoms. The van der Waals surface area contributed by atoms with E-state index in [1.165, 1.54) is 0 Å². The Hall–Kier alpha value is -2.47. The molecule has 0 fully saturated rings. The van der Waals surface area contributed by atoms with Gasteiger partial charge in [0.05, 0.1) is 16.9 Å². The molecule has 3 aromatic rings. The number of carbonyl (C=O) groups is 1. The van der Waals surface area contributed by atoms with Crippen molar-refractivity contribution in [3.05, 3.63) is 52.6 Å². The molecule has 1 aromatic carbocycles. The van der Waals surface area contributed by atoms with E-state index in [1.807, 2.05) is 49.7 Å². The monoisotopic (exact) mass is 326 g/mol. The van der Waals surface area contributed by atoms with Crippen LogP contribution in [0.15, 0.2) is 42.0 Å². The smallest absolute Gasteiger partial charge is 0.226 e. The average molecular weight is 326 g/mol. The molecule has 0 saturated carbocycles. The van der Waals surface area contributed by atoms with Crippen LogP contribution in [0.1, 0.15) is 17.0 Å². The number of thiazole rings is 1. The van der Waals surface area contributed by atoms with Crippen LogP contribution in [0, 0.1) is 13.8 Å². The van der Waals surface area contributed by atoms with Crippen molar-refractivity contribution in [2.45, 2.75) is 26.8 Å². The van der Waals surface area contributed by atoms with Crippen molar-refractivity contribution >= 4 is 22.9 Å². The van der Waals surface area contributed by atoms with Crippen molar-refractivity contribution in [1.29, 1.82) is 0 Å². The van der Waals surface area contributed by atoms with Crippen LogP contribution < -0.4 is 5.32 Å². The zero-order chi connectivity index (χ0) is 16.2. The first-order valence-corrected chi connectivity index (χ1v) is 8.29. The Bertz CT molecular complexity index is 804. The van der Waals surface area contributed by atoms with E-state index in [2.05, 4.69) is 15.4 Å². The quantitative estimate of drug-likeness (QED) is 0.778. The number of benzene rings is 1. The highest BCUT2D eigenvalue weighted by Gasteiger charge is 2.05. The minimum Gasteiger partial charge on any atom is -0.326 e. The van der Waals surface area contributed by atoms with E-state index in [1.54, 1.807) is 22.2 Å². The van der Waals surface area contributed by atoms with Crippen LogP contribution in [0.2, 0.25) is 0 Å². The fraction of sp³-hybridized carbons (Fsp3) is 0.235. The van der Waals surface area contributed by atoms with E-state index in [0.29, 0.717) is 13.0 Å². The Labute approximate surface area is 139 Å². The summed E-state index contributed by atoms with van der Waals surface area (Å²) in [5.41, 5.74) is 3.92. The number of aryl methyl sites for hydroxylation is 3. The van der Waals surface area contributed by atoms with E-state index < -0.39 is 0 Å². The molecule has 3 rings (SSSR count). The zero-order valence-corrected chi connectivity index (χ0v) is 13.9. The Morgan fingerprint density at radius 2 is 2.04 bits per heavy atom. The van der Waals surface area contributed by atoms with Crippen molar-refractivity contribution in [3.63, 3.8) is 0 Å². The zero-order valence-electron chi connectivity index (χ0n) is 13.1. The van der Waals surface area contributed by atoms with Crippen molar-refractivity contribution in [1.82, 2.24) is 14.8 Å². The molecule has 2 heterocycles. The van der Waals surface area contributed by atoms with Crippen LogP contribution in [0.5, 0.6) is 0 Å². The first kappa shape index (κ1) is 15.4. The number of hydrogen-bond acceptors (Lipinski definition) is 4. The third kappa shape index (κ3) is 4.04. The second kappa shape index (κ2) is 6.75. The molecule has 0 radical (unpaired) electrons. The summed E-state index contributed by atoms with van der Waals surface area (Å²) in [7, 11) is 0. The van der Waals surface area contributed by atoms with E-state index in [-0.39, 0.29) is 5.91 Å². The maximum absolute atomic E-state index is 12.0. The molecule has 0 saturated heterocycles. The number of amides is 1. The van der Waals surface area contributed by atoms with Gasteiger partial charge in [0.15, 0.2) is 0 Å². The van der Waals surface area contributed by atoms with Crippen molar-refractivity contribution < 1.29 is 4.79 Å². The summed E-state index contributed by atoms with van der Waals surface area (Å²) in [5.74, 6) is -0.0181. The van der Waals surface area contributed by atoms with Crippen molar-refractivity contribution in [2.75, 3.05) is 5.32 Å². The first-order chi connectivity index (χ1) is 11.1. The molecule has 0 unspecified atom stereocenters. The highest BCUT2D eigenvalue weighted by Crippen LogP contribution is 2.23. The number of nitrogens with one attached hydrogen (secondary N) is 1. The van der Waals surface area contributed by atoms with Gasteiger partial charge in [-0.3, -0.25) is 9.48 Å². The van der Waals surface area contributed by atoms with E-state index in [4.69, 9.17) is 0 Å². The number of nitrogens with zero attached hydrogens (tertiary/aromatic N) is 3. The highest BCUT2D eigenvalue weighted by molar-refractivity contribution is 7.09. The third-order valence-electron chi connectivity index (χ3n) is 3.41. The lowest BCUT2D eigenvalue weighted by Gasteiger charge is -2.06. The fourth-order valence-electron chi connectivity index (χ4n) is 2.25. The average Bonchev–Trinajstić information content (AvgIpc) is 3.15. The lowest BCUT2D eigenvalue weighted by Crippen LogP contribution is -2.14. The second-order valence-electron chi connectivity index (χ2n) is 5.41. The summed E-state index contributed by atoms with van der Waals surface area (Å²) in [6.07, 6.45) is 4.11. The molecule has 6 heteroatoms. The SMILES string of the molecule is Cc1cnn(CCC(=O)Nc2ccc(-c3csc(C)n3)cc2)c1. The molecule has 5 nitrogen and oxygen atoms in total. The molecular weight excluding hydrogens is 308 g/mol. The maximum Gasteiger partial charge on any atom is 0.226 e. The third-order valence-corrected chi connectivity index (χ3v) is 4.19. The van der Waals surface area contributed by atoms with Gasteiger partial charge in [-0.25, -0.2) is 4.98 Å². The van der Waals surface area contributed by atoms with Gasteiger partial charge in [-0.15, -0.1) is 11.3 Å². The number of hydrogen-bond donors (Lipinski definition) is 1. The van der Waals surface area contributed by atoms with Crippen molar-refractivity contribution in [2.24, 2.45) is 0 Å². The number of aromatic nitrogens is 3. The molecule has 0 spiro atoms. The summed E-state index contributed by atoms with van der Waals surface area (Å²) >= 11 is 1.63. The molecule has 1 amide bonds. The predicted molar refractivity (Wildman–Crippen MR) is 92.5 cm³/mol. The molecule has 2 aromatic heterocycles. The number of anilines is 1. The molecule has 0 aliphatic rings. The van der Waals surface area contributed by atoms with Gasteiger partial charge < -0.3 is 5.32 Å². The number of rotatable bonds is 5. The van der Waals surface area contributed by atoms with Gasteiger partial charge >= 0.3 is 0 Å². The van der Waals surface area contributed by atoms with Gasteiger partial charge in [0.1, 0.15) is 0 Å². The highest BCUT2D eigenvalue weighted by atomic mass is 32.1. The number of carbonyl (C=O) groups excluding carboxylic acids is 1. The van der Waals surface area contributed by atoms with Gasteiger partial charge in [-0.2, -0.15) is 5.10 Å². The first-order valence-electron chi connectivity index (χ1n) is 7.41. The molecule has 0 atom stereocenters. The topological polar surface area (TPSA) is 59.8 Å². The van der Waals surface area contributed by atoms with Crippen LogP contribution in [-0.4, -0.2) is 20.7 Å². The largest absolute Gasteiger partial charge is 0.326 e. The van der Waals surface area contributed by atoms with Gasteiger partial charge in [0.2, 0.25) is 5.91 Å². The van der Waals surface area contributed by atoms with Gasteiger partial charge in [0, 0.05) is 35.8 Å². The normalized spacial score (nSPS) is 10.7. The van der Waals surface area contributed by atoms with Crippen molar-refractivity contribution in [3.8, 4) is 11.3 Å². The molecule has 1 N–H and O–H groups in total. The van der Waals surface area contributed by atoms with E-state index >= 15 is 0 Å². The Kier molecular flexibility index (Phi) is 4.52. The van der Waals surface area contributed by atoms with Gasteiger partial charge in [0.25, 0.3) is 0 Å². The second-order valence-corrected chi connectivity index (χ2v) is 6.47. The summed E-state index contributed by atoms with van der Waals surface area (Å²) in [5, 5.41) is 10.2. The summed E-state index contributed by atoms with van der Waals surface area (Å²) in [6.45, 7) is 4.55. The molecule has 0 aliphatic carbocycles. The van der Waals surface area contributed by atoms with Crippen LogP contribution in [0.4, 0.5) is 5.69 Å². The molecule has 118 valence electrons. The fourth-order valence-corrected chi connectivity index (χ4v) is 2.87. The Balaban J connectivity index is 1.56. The summed E-state index contributed by atoms with van der Waals surface area (Å²) in [6, 6.07) is 7.75. The van der Waals surface area contributed by atoms with Crippen LogP contribution >= 0.6 is 11.3 Å². The summed E-state index contributed by atoms with van der Waals surface area (Å²) in [4.78, 5) is 16.4. The Morgan fingerprint density at radius 3 is 2.65 bits per heavy atom. The standard InChI is InChI=1S/C17H18N4OS/c1-12-9-18-21(10-12)8-7-17(22)20-15-5-3-14(4-6-15)16-11-23-13(2)19-16/h3-6,9-11H,7-8H2,1-2H3,(H,20,22). The molecule has 0 aliphatic heterocycles. The molecule has 0 bridgehead atoms. The lowest BCUT2D eigenvalue weighted by atomic mass is 10.1. The minimum absolute atomic E-state index is 0.0181. The summed E-state index contributed by atoms with van der Waals surface area (Å²) < 4.78 is 1.78. The van der Waals surface area contributed by atoms with Crippen LogP contribution in [-0.2, 0) is 11.3 Å². The maximum atomic E-state index is 12.0. The van der Waals surface area contributed by atoms with Crippen LogP contribution in [0.3, 0.4) is 0 Å². The minimum atomic E-state index is -0.0181. The molecular formula is C17H18N4OS. The van der Waals surface area contributed by atoms with Gasteiger partial charge in [-0.1, -0.05) is 12.1 Å². The Morgan fingerprint density at radius 1 is 1.26 bits per heavy atom. The predicted octanol–water partition coefficient (Wildman–Crippen LogP) is 3.65. The lowest BCUT2D eigenvalue weighted by molar-refractivity contribution is -0.116.